The molecule has 0 amide bonds. The second-order valence-electron chi connectivity index (χ2n) is 8.56. The van der Waals surface area contributed by atoms with Gasteiger partial charge in [0.2, 0.25) is 0 Å². The predicted octanol–water partition coefficient (Wildman–Crippen LogP) is 7.61. The molecule has 1 aromatic carbocycles. The Bertz CT molecular complexity index is 746. The highest BCUT2D eigenvalue weighted by Gasteiger charge is 2.37. The lowest BCUT2D eigenvalue weighted by Crippen LogP contribution is -2.36. The molecule has 0 fully saturated rings. The Kier molecular flexibility index (Phi) is 6.69. The first-order chi connectivity index (χ1) is 12.3. The van der Waals surface area contributed by atoms with Gasteiger partial charge in [-0.3, -0.25) is 0 Å². The molecule has 0 aliphatic rings. The fourth-order valence-electron chi connectivity index (χ4n) is 3.30. The normalized spacial score (nSPS) is 11.9. The van der Waals surface area contributed by atoms with Gasteiger partial charge in [-0.2, -0.15) is 0 Å². The van der Waals surface area contributed by atoms with Gasteiger partial charge in [0.05, 0.1) is 0 Å². The summed E-state index contributed by atoms with van der Waals surface area (Å²) in [5.74, 6) is 0. The molecular formula is C25H35N. The number of aryl methyl sites for hydroxylation is 1. The molecule has 0 aliphatic carbocycles. The van der Waals surface area contributed by atoms with Crippen molar-refractivity contribution in [3.63, 3.8) is 0 Å². The van der Waals surface area contributed by atoms with E-state index in [9.17, 15) is 0 Å². The molecule has 140 valence electrons. The summed E-state index contributed by atoms with van der Waals surface area (Å²) in [4.78, 5) is 3.19. The van der Waals surface area contributed by atoms with Gasteiger partial charge in [0.15, 0.2) is 0 Å². The van der Waals surface area contributed by atoms with Crippen molar-refractivity contribution in [2.45, 2.75) is 66.2 Å². The molecule has 1 aromatic heterocycles. The van der Waals surface area contributed by atoms with E-state index in [4.69, 9.17) is 0 Å². The highest BCUT2D eigenvalue weighted by atomic mass is 14.6. The molecule has 0 saturated heterocycles. The largest absolute Gasteiger partial charge is 0.368 e. The highest BCUT2D eigenvalue weighted by molar-refractivity contribution is 5.63. The van der Waals surface area contributed by atoms with Crippen LogP contribution in [0.2, 0.25) is 0 Å². The molecule has 2 aromatic rings. The Morgan fingerprint density at radius 2 is 1.35 bits per heavy atom. The smallest absolute Gasteiger partial charge is 0.00106 e. The number of hydrogen-bond donors (Lipinski definition) is 1. The van der Waals surface area contributed by atoms with Crippen molar-refractivity contribution in [3.8, 4) is 11.1 Å². The number of unbranched alkanes of at least 4 members (excludes halogenated alkanes) is 1. The standard InChI is InChI=1S/C25H35N/c1-7-8-17-24(3,4)25(5,6)23-13-11-21(12-14-23)22-10-9-20(2)15-18-26-19-16-22/h9-16,18-19,26H,7-8,17H2,1-6H3. The first kappa shape index (κ1) is 20.3. The number of aromatic nitrogens is 1. The summed E-state index contributed by atoms with van der Waals surface area (Å²) in [6, 6.07) is 17.7. The lowest BCUT2D eigenvalue weighted by Gasteiger charge is -2.42. The maximum absolute atomic E-state index is 3.19. The molecule has 0 unspecified atom stereocenters. The number of aromatic amines is 1. The van der Waals surface area contributed by atoms with Crippen molar-refractivity contribution in [1.29, 1.82) is 0 Å². The van der Waals surface area contributed by atoms with Gasteiger partial charge in [-0.15, -0.1) is 0 Å². The Morgan fingerprint density at radius 1 is 0.769 bits per heavy atom. The molecular weight excluding hydrogens is 314 g/mol. The maximum Gasteiger partial charge on any atom is 0.00106 e. The minimum Gasteiger partial charge on any atom is -0.368 e. The monoisotopic (exact) mass is 349 g/mol. The summed E-state index contributed by atoms with van der Waals surface area (Å²) >= 11 is 0. The lowest BCUT2D eigenvalue weighted by molar-refractivity contribution is 0.176. The maximum atomic E-state index is 3.19. The third-order valence-electron chi connectivity index (χ3n) is 6.11. The number of hydrogen-bond acceptors (Lipinski definition) is 0. The number of rotatable bonds is 6. The Hall–Kier alpha value is -2.02. The van der Waals surface area contributed by atoms with Crippen LogP contribution in [0.4, 0.5) is 0 Å². The molecule has 0 saturated carbocycles. The Morgan fingerprint density at radius 3 is 2.00 bits per heavy atom. The van der Waals surface area contributed by atoms with E-state index >= 15 is 0 Å². The molecule has 1 heterocycles. The third kappa shape index (κ3) is 4.78. The lowest BCUT2D eigenvalue weighted by atomic mass is 9.62. The molecule has 0 aliphatic heterocycles. The zero-order valence-electron chi connectivity index (χ0n) is 17.4. The van der Waals surface area contributed by atoms with Crippen molar-refractivity contribution in [3.05, 3.63) is 72.1 Å². The fraction of sp³-hybridized carbons (Fsp3) is 0.440. The van der Waals surface area contributed by atoms with Gasteiger partial charge >= 0.3 is 0 Å². The Balaban J connectivity index is 2.35. The van der Waals surface area contributed by atoms with E-state index in [2.05, 4.69) is 95.1 Å². The number of H-pyrrole nitrogens is 1. The molecule has 26 heavy (non-hydrogen) atoms. The van der Waals surface area contributed by atoms with Crippen molar-refractivity contribution in [2.75, 3.05) is 0 Å². The average molecular weight is 350 g/mol. The van der Waals surface area contributed by atoms with Gasteiger partial charge in [-0.25, -0.2) is 0 Å². The van der Waals surface area contributed by atoms with Crippen LogP contribution in [-0.2, 0) is 5.41 Å². The van der Waals surface area contributed by atoms with Gasteiger partial charge < -0.3 is 4.98 Å². The predicted molar refractivity (Wildman–Crippen MR) is 115 cm³/mol. The summed E-state index contributed by atoms with van der Waals surface area (Å²) in [6.45, 7) is 14.0. The average Bonchev–Trinajstić information content (AvgIpc) is 2.72. The van der Waals surface area contributed by atoms with Gasteiger partial charge in [-0.1, -0.05) is 83.9 Å². The molecule has 2 rings (SSSR count). The molecule has 1 nitrogen and oxygen atoms in total. The molecule has 0 atom stereocenters. The third-order valence-corrected chi connectivity index (χ3v) is 6.11. The van der Waals surface area contributed by atoms with Crippen LogP contribution in [0.1, 0.15) is 65.0 Å². The molecule has 0 radical (unpaired) electrons. The first-order valence-corrected chi connectivity index (χ1v) is 9.86. The van der Waals surface area contributed by atoms with Crippen LogP contribution in [0.5, 0.6) is 0 Å². The molecule has 0 spiro atoms. The van der Waals surface area contributed by atoms with Crippen molar-refractivity contribution in [2.24, 2.45) is 5.41 Å². The van der Waals surface area contributed by atoms with Crippen LogP contribution >= 0.6 is 0 Å². The minimum absolute atomic E-state index is 0.144. The highest BCUT2D eigenvalue weighted by Crippen LogP contribution is 2.45. The topological polar surface area (TPSA) is 15.8 Å². The van der Waals surface area contributed by atoms with E-state index in [-0.39, 0.29) is 10.8 Å². The summed E-state index contributed by atoms with van der Waals surface area (Å²) in [5.41, 5.74) is 5.54. The van der Waals surface area contributed by atoms with Crippen molar-refractivity contribution in [1.82, 2.24) is 4.98 Å². The SMILES string of the molecule is CCCCC(C)(C)C(C)(C)c1ccc(-c2cc[nH]ccc(C)cc2)cc1. The van der Waals surface area contributed by atoms with Crippen LogP contribution in [0.3, 0.4) is 0 Å². The second kappa shape index (κ2) is 8.58. The van der Waals surface area contributed by atoms with Gasteiger partial charge in [0, 0.05) is 12.4 Å². The van der Waals surface area contributed by atoms with E-state index in [1.807, 2.05) is 12.4 Å². The van der Waals surface area contributed by atoms with Crippen LogP contribution in [0.15, 0.2) is 60.9 Å². The van der Waals surface area contributed by atoms with E-state index in [1.54, 1.807) is 0 Å². The first-order valence-electron chi connectivity index (χ1n) is 9.86. The zero-order valence-corrected chi connectivity index (χ0v) is 17.4. The summed E-state index contributed by atoms with van der Waals surface area (Å²) in [6.07, 6.45) is 7.76. The quantitative estimate of drug-likeness (QED) is 0.552. The zero-order chi connectivity index (χ0) is 19.2. The molecule has 1 heteroatoms. The second-order valence-corrected chi connectivity index (χ2v) is 8.56. The van der Waals surface area contributed by atoms with Crippen LogP contribution in [0, 0.1) is 12.3 Å². The van der Waals surface area contributed by atoms with Crippen LogP contribution < -0.4 is 0 Å². The van der Waals surface area contributed by atoms with Crippen molar-refractivity contribution < 1.29 is 0 Å². The molecule has 0 bridgehead atoms. The van der Waals surface area contributed by atoms with E-state index in [1.165, 1.54) is 41.5 Å². The Labute approximate surface area is 160 Å². The summed E-state index contributed by atoms with van der Waals surface area (Å²) in [5, 5.41) is 0. The van der Waals surface area contributed by atoms with Crippen molar-refractivity contribution >= 4 is 0 Å². The number of nitrogens with one attached hydrogen (secondary N) is 1. The van der Waals surface area contributed by atoms with E-state index in [0.717, 1.165) is 0 Å². The minimum atomic E-state index is 0.144. The van der Waals surface area contributed by atoms with E-state index < -0.39 is 0 Å². The summed E-state index contributed by atoms with van der Waals surface area (Å²) < 4.78 is 0. The fourth-order valence-corrected chi connectivity index (χ4v) is 3.30. The van der Waals surface area contributed by atoms with E-state index in [0.29, 0.717) is 0 Å². The van der Waals surface area contributed by atoms with Gasteiger partial charge in [0.1, 0.15) is 0 Å². The van der Waals surface area contributed by atoms with Crippen LogP contribution in [0.25, 0.3) is 11.1 Å². The van der Waals surface area contributed by atoms with Gasteiger partial charge in [0.25, 0.3) is 0 Å². The van der Waals surface area contributed by atoms with Crippen LogP contribution in [-0.4, -0.2) is 4.98 Å². The summed E-state index contributed by atoms with van der Waals surface area (Å²) in [7, 11) is 0. The number of benzene rings is 1. The van der Waals surface area contributed by atoms with Gasteiger partial charge in [-0.05, 0) is 58.6 Å². The molecule has 1 N–H and O–H groups in total.